The second kappa shape index (κ2) is 11.6. The molecule has 0 aliphatic rings. The minimum atomic E-state index is -4.70. The lowest BCUT2D eigenvalue weighted by molar-refractivity contribution is -0.215. The first kappa shape index (κ1) is 23.8. The van der Waals surface area contributed by atoms with E-state index in [0.717, 1.165) is 25.5 Å². The van der Waals surface area contributed by atoms with Crippen LogP contribution in [0.1, 0.15) is 54.9 Å². The van der Waals surface area contributed by atoms with Crippen LogP contribution in [0.15, 0.2) is 36.7 Å². The van der Waals surface area contributed by atoms with E-state index in [1.807, 2.05) is 0 Å². The van der Waals surface area contributed by atoms with E-state index in [1.165, 1.54) is 37.8 Å². The number of carbonyl (C=O) groups excluding carboxylic acids is 1. The molecule has 1 atom stereocenters. The van der Waals surface area contributed by atoms with Crippen molar-refractivity contribution in [3.63, 3.8) is 0 Å². The molecule has 5 nitrogen and oxygen atoms in total. The van der Waals surface area contributed by atoms with E-state index in [4.69, 9.17) is 0 Å². The van der Waals surface area contributed by atoms with Crippen molar-refractivity contribution in [2.45, 2.75) is 57.7 Å². The second-order valence-electron chi connectivity index (χ2n) is 7.05. The van der Waals surface area contributed by atoms with Gasteiger partial charge in [0, 0.05) is 25.1 Å². The Morgan fingerprint density at radius 2 is 1.67 bits per heavy atom. The minimum Gasteiger partial charge on any atom is -0.447 e. The predicted octanol–water partition coefficient (Wildman–Crippen LogP) is 5.39. The fourth-order valence-corrected chi connectivity index (χ4v) is 2.86. The summed E-state index contributed by atoms with van der Waals surface area (Å²) in [7, 11) is 1.11. The first-order valence-corrected chi connectivity index (χ1v) is 10.0. The Morgan fingerprint density at radius 3 is 2.23 bits per heavy atom. The average molecular weight is 424 g/mol. The van der Waals surface area contributed by atoms with Crippen molar-refractivity contribution in [1.82, 2.24) is 9.97 Å². The number of benzene rings is 1. The van der Waals surface area contributed by atoms with Crippen LogP contribution < -0.4 is 0 Å². The largest absolute Gasteiger partial charge is 0.447 e. The topological polar surface area (TPSA) is 61.3 Å². The third kappa shape index (κ3) is 7.40. The maximum absolute atomic E-state index is 12.9. The molecule has 0 spiro atoms. The van der Waals surface area contributed by atoms with E-state index in [-0.39, 0.29) is 5.56 Å². The zero-order chi connectivity index (χ0) is 22.0. The molecule has 0 amide bonds. The van der Waals surface area contributed by atoms with Gasteiger partial charge in [-0.2, -0.15) is 13.2 Å². The number of aryl methyl sites for hydroxylation is 1. The van der Waals surface area contributed by atoms with Gasteiger partial charge in [0.15, 0.2) is 5.82 Å². The lowest BCUT2D eigenvalue weighted by Crippen LogP contribution is -2.37. The molecule has 0 fully saturated rings. The van der Waals surface area contributed by atoms with E-state index >= 15 is 0 Å². The molecule has 0 aliphatic heterocycles. The molecular formula is C22H27F3N2O3. The van der Waals surface area contributed by atoms with Gasteiger partial charge in [0.2, 0.25) is 6.10 Å². The Balaban J connectivity index is 1.95. The molecule has 164 valence electrons. The number of alkyl halides is 3. The van der Waals surface area contributed by atoms with E-state index in [2.05, 4.69) is 26.4 Å². The summed E-state index contributed by atoms with van der Waals surface area (Å²) in [5, 5.41) is 0. The van der Waals surface area contributed by atoms with Gasteiger partial charge in [0.25, 0.3) is 0 Å². The molecule has 1 aromatic carbocycles. The number of rotatable bonds is 11. The van der Waals surface area contributed by atoms with Crippen molar-refractivity contribution >= 4 is 5.97 Å². The van der Waals surface area contributed by atoms with Crippen LogP contribution in [0.25, 0.3) is 11.4 Å². The van der Waals surface area contributed by atoms with Crippen LogP contribution in [0.4, 0.5) is 13.2 Å². The summed E-state index contributed by atoms with van der Waals surface area (Å²) in [6.07, 6.45) is 3.47. The third-order valence-corrected chi connectivity index (χ3v) is 4.59. The van der Waals surface area contributed by atoms with Gasteiger partial charge in [-0.05, 0) is 30.5 Å². The molecular weight excluding hydrogens is 397 g/mol. The van der Waals surface area contributed by atoms with Crippen LogP contribution in [-0.4, -0.2) is 41.9 Å². The van der Waals surface area contributed by atoms with E-state index in [0.29, 0.717) is 11.4 Å². The number of carbonyl (C=O) groups is 1. The molecule has 1 heterocycles. The molecule has 30 heavy (non-hydrogen) atoms. The first-order chi connectivity index (χ1) is 14.3. The first-order valence-electron chi connectivity index (χ1n) is 10.0. The fraction of sp³-hybridized carbons (Fsp3) is 0.500. The quantitative estimate of drug-likeness (QED) is 0.357. The van der Waals surface area contributed by atoms with Gasteiger partial charge in [-0.25, -0.2) is 14.8 Å². The molecule has 8 heteroatoms. The van der Waals surface area contributed by atoms with Crippen LogP contribution in [0.3, 0.4) is 0 Å². The smallest absolute Gasteiger partial charge is 0.427 e. The lowest BCUT2D eigenvalue weighted by Gasteiger charge is -2.19. The minimum absolute atomic E-state index is 0.00722. The van der Waals surface area contributed by atoms with Crippen LogP contribution >= 0.6 is 0 Å². The molecule has 1 aromatic heterocycles. The SMILES string of the molecule is CCCCCCCc1cnc(-c2ccc(C(=O)OC(COC)C(F)(F)F)cc2)nc1. The van der Waals surface area contributed by atoms with Gasteiger partial charge in [-0.15, -0.1) is 0 Å². The van der Waals surface area contributed by atoms with E-state index < -0.39 is 24.9 Å². The summed E-state index contributed by atoms with van der Waals surface area (Å²) < 4.78 is 47.6. The molecule has 0 N–H and O–H groups in total. The van der Waals surface area contributed by atoms with Gasteiger partial charge in [0.1, 0.15) is 0 Å². The summed E-state index contributed by atoms with van der Waals surface area (Å²) in [5.74, 6) is -0.586. The average Bonchev–Trinajstić information content (AvgIpc) is 2.73. The maximum Gasteiger partial charge on any atom is 0.427 e. The van der Waals surface area contributed by atoms with Crippen LogP contribution in [0, 0.1) is 0 Å². The standard InChI is InChI=1S/C22H27F3N2O3/c1-3-4-5-6-7-8-16-13-26-20(27-14-16)17-9-11-18(12-10-17)21(28)30-19(15-29-2)22(23,24)25/h9-14,19H,3-8,15H2,1-2H3. The Morgan fingerprint density at radius 1 is 1.03 bits per heavy atom. The normalized spacial score (nSPS) is 12.6. The number of ether oxygens (including phenoxy) is 2. The number of unbranched alkanes of at least 4 members (excludes halogenated alkanes) is 4. The molecule has 1 unspecified atom stereocenters. The van der Waals surface area contributed by atoms with E-state index in [9.17, 15) is 18.0 Å². The zero-order valence-electron chi connectivity index (χ0n) is 17.2. The zero-order valence-corrected chi connectivity index (χ0v) is 17.2. The molecule has 0 radical (unpaired) electrons. The van der Waals surface area contributed by atoms with E-state index in [1.54, 1.807) is 24.5 Å². The Labute approximate surface area is 174 Å². The van der Waals surface area contributed by atoms with Crippen LogP contribution in [0.5, 0.6) is 0 Å². The highest BCUT2D eigenvalue weighted by Gasteiger charge is 2.43. The third-order valence-electron chi connectivity index (χ3n) is 4.59. The number of methoxy groups -OCH3 is 1. The Bertz CT molecular complexity index is 778. The van der Waals surface area contributed by atoms with Crippen LogP contribution in [-0.2, 0) is 15.9 Å². The Kier molecular flexibility index (Phi) is 9.23. The second-order valence-corrected chi connectivity index (χ2v) is 7.05. The number of esters is 1. The highest BCUT2D eigenvalue weighted by molar-refractivity contribution is 5.90. The van der Waals surface area contributed by atoms with Crippen molar-refractivity contribution in [2.75, 3.05) is 13.7 Å². The molecule has 2 aromatic rings. The van der Waals surface area contributed by atoms with Crippen molar-refractivity contribution in [3.8, 4) is 11.4 Å². The molecule has 0 saturated carbocycles. The maximum atomic E-state index is 12.9. The summed E-state index contributed by atoms with van der Waals surface area (Å²) >= 11 is 0. The molecule has 0 bridgehead atoms. The summed E-state index contributed by atoms with van der Waals surface area (Å²) in [5.41, 5.74) is 1.73. The van der Waals surface area contributed by atoms with Crippen molar-refractivity contribution < 1.29 is 27.4 Å². The monoisotopic (exact) mass is 424 g/mol. The number of nitrogens with zero attached hydrogens (tertiary/aromatic N) is 2. The fourth-order valence-electron chi connectivity index (χ4n) is 2.86. The van der Waals surface area contributed by atoms with Gasteiger partial charge < -0.3 is 9.47 Å². The molecule has 0 aliphatic carbocycles. The van der Waals surface area contributed by atoms with Crippen molar-refractivity contribution in [2.24, 2.45) is 0 Å². The van der Waals surface area contributed by atoms with Gasteiger partial charge in [-0.3, -0.25) is 0 Å². The van der Waals surface area contributed by atoms with Gasteiger partial charge >= 0.3 is 12.1 Å². The summed E-state index contributed by atoms with van der Waals surface area (Å²) in [6, 6.07) is 5.94. The van der Waals surface area contributed by atoms with Crippen molar-refractivity contribution in [1.29, 1.82) is 0 Å². The number of aromatic nitrogens is 2. The predicted molar refractivity (Wildman–Crippen MR) is 107 cm³/mol. The summed E-state index contributed by atoms with van der Waals surface area (Å²) in [4.78, 5) is 20.7. The summed E-state index contributed by atoms with van der Waals surface area (Å²) in [6.45, 7) is 1.43. The Hall–Kier alpha value is -2.48. The number of hydrogen-bond acceptors (Lipinski definition) is 5. The lowest BCUT2D eigenvalue weighted by atomic mass is 10.1. The highest BCUT2D eigenvalue weighted by Crippen LogP contribution is 2.24. The van der Waals surface area contributed by atoms with Crippen LogP contribution in [0.2, 0.25) is 0 Å². The molecule has 0 saturated heterocycles. The highest BCUT2D eigenvalue weighted by atomic mass is 19.4. The van der Waals surface area contributed by atoms with Crippen molar-refractivity contribution in [3.05, 3.63) is 47.8 Å². The number of halogens is 3. The van der Waals surface area contributed by atoms with Gasteiger partial charge in [0.05, 0.1) is 12.2 Å². The number of hydrogen-bond donors (Lipinski definition) is 0. The van der Waals surface area contributed by atoms with Gasteiger partial charge in [-0.1, -0.05) is 44.7 Å². The molecule has 2 rings (SSSR count).